The van der Waals surface area contributed by atoms with E-state index in [-0.39, 0.29) is 29.4 Å². The number of halogens is 1. The highest BCUT2D eigenvalue weighted by molar-refractivity contribution is 14.0. The number of aliphatic imine (C=N–C) groups is 1. The van der Waals surface area contributed by atoms with Crippen LogP contribution in [-0.4, -0.2) is 19.0 Å². The van der Waals surface area contributed by atoms with Crippen LogP contribution in [0, 0.1) is 0 Å². The van der Waals surface area contributed by atoms with Crippen molar-refractivity contribution in [2.24, 2.45) is 10.7 Å². The second-order valence-electron chi connectivity index (χ2n) is 5.13. The molecule has 0 spiro atoms. The molecule has 1 aliphatic rings. The third kappa shape index (κ3) is 4.09. The van der Waals surface area contributed by atoms with E-state index in [0.717, 1.165) is 19.5 Å². The maximum absolute atomic E-state index is 5.86. The second-order valence-corrected chi connectivity index (χ2v) is 5.13. The fourth-order valence-corrected chi connectivity index (χ4v) is 2.48. The molecule has 1 aromatic rings. The van der Waals surface area contributed by atoms with Crippen LogP contribution >= 0.6 is 24.0 Å². The third-order valence-electron chi connectivity index (χ3n) is 3.81. The molecule has 0 saturated heterocycles. The molecule has 2 rings (SSSR count). The van der Waals surface area contributed by atoms with Gasteiger partial charge in [0.2, 0.25) is 0 Å². The van der Waals surface area contributed by atoms with Gasteiger partial charge in [0.15, 0.2) is 5.96 Å². The van der Waals surface area contributed by atoms with Crippen molar-refractivity contribution in [2.45, 2.75) is 38.0 Å². The van der Waals surface area contributed by atoms with Gasteiger partial charge in [0, 0.05) is 12.0 Å². The lowest BCUT2D eigenvalue weighted by atomic mass is 9.64. The zero-order valence-corrected chi connectivity index (χ0v) is 13.9. The highest BCUT2D eigenvalue weighted by Gasteiger charge is 2.38. The molecule has 0 atom stereocenters. The Morgan fingerprint density at radius 3 is 2.53 bits per heavy atom. The lowest BCUT2D eigenvalue weighted by Crippen LogP contribution is -2.40. The summed E-state index contributed by atoms with van der Waals surface area (Å²) in [6, 6.07) is 10.7. The minimum atomic E-state index is 0. The molecule has 1 aliphatic carbocycles. The highest BCUT2D eigenvalue weighted by Crippen LogP contribution is 2.43. The van der Waals surface area contributed by atoms with Gasteiger partial charge in [-0.3, -0.25) is 4.99 Å². The average molecular weight is 373 g/mol. The normalized spacial score (nSPS) is 17.2. The van der Waals surface area contributed by atoms with Crippen LogP contribution in [0.2, 0.25) is 0 Å². The fraction of sp³-hybridized carbons (Fsp3) is 0.533. The minimum Gasteiger partial charge on any atom is -0.370 e. The number of hydrogen-bond donors (Lipinski definition) is 2. The first-order valence-electron chi connectivity index (χ1n) is 6.86. The number of nitrogens with one attached hydrogen (secondary N) is 1. The molecule has 3 N–H and O–H groups in total. The van der Waals surface area contributed by atoms with Gasteiger partial charge < -0.3 is 11.1 Å². The maximum atomic E-state index is 5.86. The Hall–Kier alpha value is -0.780. The van der Waals surface area contributed by atoms with E-state index in [1.54, 1.807) is 0 Å². The Bertz CT molecular complexity index is 399. The lowest BCUT2D eigenvalue weighted by molar-refractivity contribution is 0.253. The summed E-state index contributed by atoms with van der Waals surface area (Å²) in [6.45, 7) is 3.82. The van der Waals surface area contributed by atoms with Crippen LogP contribution in [0.3, 0.4) is 0 Å². The van der Waals surface area contributed by atoms with E-state index in [2.05, 4.69) is 47.6 Å². The van der Waals surface area contributed by atoms with Gasteiger partial charge in [-0.25, -0.2) is 0 Å². The van der Waals surface area contributed by atoms with Gasteiger partial charge >= 0.3 is 0 Å². The van der Waals surface area contributed by atoms with Crippen molar-refractivity contribution < 1.29 is 0 Å². The molecule has 0 aromatic heterocycles. The number of benzene rings is 1. The van der Waals surface area contributed by atoms with Crippen LogP contribution in [0.15, 0.2) is 35.3 Å². The molecule has 1 fully saturated rings. The first kappa shape index (κ1) is 16.3. The Balaban J connectivity index is 0.00000180. The van der Waals surface area contributed by atoms with Crippen molar-refractivity contribution in [3.05, 3.63) is 35.9 Å². The van der Waals surface area contributed by atoms with Crippen LogP contribution in [0.1, 0.15) is 38.2 Å². The Morgan fingerprint density at radius 2 is 2.00 bits per heavy atom. The lowest BCUT2D eigenvalue weighted by Gasteiger charge is -2.41. The van der Waals surface area contributed by atoms with Crippen molar-refractivity contribution in [3.8, 4) is 0 Å². The van der Waals surface area contributed by atoms with Crippen LogP contribution in [0.4, 0.5) is 0 Å². The zero-order chi connectivity index (χ0) is 12.8. The molecule has 0 radical (unpaired) electrons. The highest BCUT2D eigenvalue weighted by atomic mass is 127. The molecule has 0 unspecified atom stereocenters. The molecule has 1 aromatic carbocycles. The summed E-state index contributed by atoms with van der Waals surface area (Å²) in [5.74, 6) is 0.582. The van der Waals surface area contributed by atoms with Crippen molar-refractivity contribution in [1.29, 1.82) is 0 Å². The van der Waals surface area contributed by atoms with E-state index in [1.165, 1.54) is 24.8 Å². The molecule has 0 bridgehead atoms. The van der Waals surface area contributed by atoms with Crippen molar-refractivity contribution in [2.75, 3.05) is 13.1 Å². The third-order valence-corrected chi connectivity index (χ3v) is 3.81. The van der Waals surface area contributed by atoms with Gasteiger partial charge in [-0.15, -0.1) is 24.0 Å². The molecule has 19 heavy (non-hydrogen) atoms. The number of rotatable bonds is 5. The average Bonchev–Trinajstić information content (AvgIpc) is 2.36. The zero-order valence-electron chi connectivity index (χ0n) is 11.6. The summed E-state index contributed by atoms with van der Waals surface area (Å²) >= 11 is 0. The van der Waals surface area contributed by atoms with E-state index in [0.29, 0.717) is 5.96 Å². The van der Waals surface area contributed by atoms with Gasteiger partial charge in [0.25, 0.3) is 0 Å². The SMILES string of the molecule is CCCNC(N)=NCC1(c2ccccc2)CCC1.I. The van der Waals surface area contributed by atoms with Crippen LogP contribution in [0.25, 0.3) is 0 Å². The second kappa shape index (κ2) is 7.72. The van der Waals surface area contributed by atoms with E-state index in [1.807, 2.05) is 0 Å². The smallest absolute Gasteiger partial charge is 0.188 e. The van der Waals surface area contributed by atoms with Crippen molar-refractivity contribution in [3.63, 3.8) is 0 Å². The van der Waals surface area contributed by atoms with Crippen LogP contribution in [0.5, 0.6) is 0 Å². The number of nitrogens with two attached hydrogens (primary N) is 1. The van der Waals surface area contributed by atoms with Crippen LogP contribution < -0.4 is 11.1 Å². The first-order valence-corrected chi connectivity index (χ1v) is 6.86. The van der Waals surface area contributed by atoms with Crippen molar-refractivity contribution >= 4 is 29.9 Å². The van der Waals surface area contributed by atoms with Gasteiger partial charge in [-0.2, -0.15) is 0 Å². The van der Waals surface area contributed by atoms with E-state index in [9.17, 15) is 0 Å². The summed E-state index contributed by atoms with van der Waals surface area (Å²) < 4.78 is 0. The van der Waals surface area contributed by atoms with E-state index >= 15 is 0 Å². The summed E-state index contributed by atoms with van der Waals surface area (Å²) in [5, 5.41) is 3.13. The molecule has 0 amide bonds. The summed E-state index contributed by atoms with van der Waals surface area (Å²) in [4.78, 5) is 4.52. The van der Waals surface area contributed by atoms with E-state index in [4.69, 9.17) is 5.73 Å². The molecule has 3 nitrogen and oxygen atoms in total. The summed E-state index contributed by atoms with van der Waals surface area (Å²) in [6.07, 6.45) is 4.82. The monoisotopic (exact) mass is 373 g/mol. The van der Waals surface area contributed by atoms with E-state index < -0.39 is 0 Å². The predicted molar refractivity (Wildman–Crippen MR) is 92.2 cm³/mol. The Morgan fingerprint density at radius 1 is 1.32 bits per heavy atom. The Labute approximate surface area is 133 Å². The summed E-state index contributed by atoms with van der Waals surface area (Å²) in [7, 11) is 0. The standard InChI is InChI=1S/C15H23N3.HI/c1-2-11-17-14(16)18-12-15(9-6-10-15)13-7-4-3-5-8-13;/h3-5,7-8H,2,6,9-12H2,1H3,(H3,16,17,18);1H. The number of guanidine groups is 1. The van der Waals surface area contributed by atoms with Gasteiger partial charge in [-0.05, 0) is 24.8 Å². The molecule has 1 saturated carbocycles. The maximum Gasteiger partial charge on any atom is 0.188 e. The number of nitrogens with zero attached hydrogens (tertiary/aromatic N) is 1. The molecule has 106 valence electrons. The fourth-order valence-electron chi connectivity index (χ4n) is 2.48. The topological polar surface area (TPSA) is 50.4 Å². The summed E-state index contributed by atoms with van der Waals surface area (Å²) in [5.41, 5.74) is 7.50. The molecule has 0 aliphatic heterocycles. The van der Waals surface area contributed by atoms with Gasteiger partial charge in [-0.1, -0.05) is 43.7 Å². The van der Waals surface area contributed by atoms with Gasteiger partial charge in [0.05, 0.1) is 6.54 Å². The molecular weight excluding hydrogens is 349 g/mol. The van der Waals surface area contributed by atoms with Crippen LogP contribution in [-0.2, 0) is 5.41 Å². The first-order chi connectivity index (χ1) is 8.77. The largest absolute Gasteiger partial charge is 0.370 e. The minimum absolute atomic E-state index is 0. The molecule has 4 heteroatoms. The number of hydrogen-bond acceptors (Lipinski definition) is 1. The van der Waals surface area contributed by atoms with Crippen molar-refractivity contribution in [1.82, 2.24) is 5.32 Å². The molecular formula is C15H24IN3. The Kier molecular flexibility index (Phi) is 6.62. The predicted octanol–water partition coefficient (Wildman–Crippen LogP) is 3.04. The quantitative estimate of drug-likeness (QED) is 0.474. The molecule has 0 heterocycles. The van der Waals surface area contributed by atoms with Gasteiger partial charge in [0.1, 0.15) is 0 Å².